The van der Waals surface area contributed by atoms with Gasteiger partial charge in [0.05, 0.1) is 0 Å². The molecule has 1 rings (SSSR count). The van der Waals surface area contributed by atoms with Crippen LogP contribution in [-0.4, -0.2) is 0 Å². The van der Waals surface area contributed by atoms with Crippen molar-refractivity contribution in [2.75, 3.05) is 0 Å². The third kappa shape index (κ3) is 0.964. The predicted octanol–water partition coefficient (Wildman–Crippen LogP) is -0.415. The second-order valence-corrected chi connectivity index (χ2v) is 1.71. The van der Waals surface area contributed by atoms with Crippen LogP contribution in [-0.2, 0) is 7.05 Å². The minimum absolute atomic E-state index is 0.0509. The van der Waals surface area contributed by atoms with Gasteiger partial charge >= 0.3 is 0 Å². The number of aromatic nitrogens is 1. The molecule has 0 spiro atoms. The van der Waals surface area contributed by atoms with Crippen LogP contribution < -0.4 is 9.67 Å². The van der Waals surface area contributed by atoms with Crippen molar-refractivity contribution < 1.29 is 9.67 Å². The summed E-state index contributed by atoms with van der Waals surface area (Å²) in [5, 5.41) is 10.5. The van der Waals surface area contributed by atoms with E-state index < -0.39 is 0 Å². The summed E-state index contributed by atoms with van der Waals surface area (Å²) >= 11 is 0. The average Bonchev–Trinajstić information content (AvgIpc) is 1.64. The smallest absolute Gasteiger partial charge is 0.168 e. The van der Waals surface area contributed by atoms with Crippen LogP contribution in [0.1, 0.15) is 0 Å². The number of pyridine rings is 1. The predicted molar refractivity (Wildman–Crippen MR) is 27.1 cm³/mol. The fourth-order valence-corrected chi connectivity index (χ4v) is 0.560. The number of nitrogens with zero attached hydrogens (tertiary/aromatic N) is 1. The molecule has 0 saturated heterocycles. The van der Waals surface area contributed by atoms with E-state index in [2.05, 4.69) is 0 Å². The van der Waals surface area contributed by atoms with Crippen LogP contribution in [0, 0.1) is 0 Å². The Hall–Kier alpha value is -1.05. The van der Waals surface area contributed by atoms with Gasteiger partial charge in [-0.15, -0.1) is 0 Å². The van der Waals surface area contributed by atoms with E-state index in [0.29, 0.717) is 0 Å². The Morgan fingerprint density at radius 2 is 2.38 bits per heavy atom. The summed E-state index contributed by atoms with van der Waals surface area (Å²) in [6, 6.07) is 3.25. The second-order valence-electron chi connectivity index (χ2n) is 1.71. The lowest BCUT2D eigenvalue weighted by Crippen LogP contribution is -2.26. The van der Waals surface area contributed by atoms with E-state index in [1.165, 1.54) is 12.3 Å². The number of rotatable bonds is 0. The van der Waals surface area contributed by atoms with Gasteiger partial charge in [-0.1, -0.05) is 6.07 Å². The van der Waals surface area contributed by atoms with E-state index in [0.717, 1.165) is 0 Å². The Labute approximate surface area is 48.0 Å². The molecule has 0 bridgehead atoms. The lowest BCUT2D eigenvalue weighted by Gasteiger charge is -1.97. The summed E-state index contributed by atoms with van der Waals surface area (Å²) in [6.45, 7) is 0. The van der Waals surface area contributed by atoms with Crippen molar-refractivity contribution in [1.82, 2.24) is 0 Å². The lowest BCUT2D eigenvalue weighted by molar-refractivity contribution is -0.674. The van der Waals surface area contributed by atoms with E-state index in [4.69, 9.17) is 0 Å². The molecule has 0 fully saturated rings. The summed E-state index contributed by atoms with van der Waals surface area (Å²) in [7, 11) is 1.82. The highest BCUT2D eigenvalue weighted by atomic mass is 16.3. The molecule has 0 amide bonds. The Bertz CT molecular complexity index is 168. The number of hydrogen-bond donors (Lipinski definition) is 0. The summed E-state index contributed by atoms with van der Waals surface area (Å²) in [4.78, 5) is 0. The molecule has 42 valence electrons. The maximum Gasteiger partial charge on any atom is 0.168 e. The fraction of sp³-hybridized carbons (Fsp3) is 0.167. The summed E-state index contributed by atoms with van der Waals surface area (Å²) in [5.41, 5.74) is 0. The summed E-state index contributed by atoms with van der Waals surface area (Å²) < 4.78 is 1.72. The van der Waals surface area contributed by atoms with Crippen molar-refractivity contribution in [3.8, 4) is 5.75 Å². The maximum atomic E-state index is 10.5. The van der Waals surface area contributed by atoms with E-state index >= 15 is 0 Å². The molecule has 0 aliphatic carbocycles. The van der Waals surface area contributed by atoms with Crippen molar-refractivity contribution in [1.29, 1.82) is 0 Å². The lowest BCUT2D eigenvalue weighted by atomic mass is 10.5. The summed E-state index contributed by atoms with van der Waals surface area (Å²) in [6.07, 6.45) is 3.35. The SMILES string of the molecule is C[n+]1cccc([O-])c1. The molecule has 1 heterocycles. The molecular weight excluding hydrogens is 102 g/mol. The van der Waals surface area contributed by atoms with E-state index in [9.17, 15) is 5.11 Å². The van der Waals surface area contributed by atoms with Crippen molar-refractivity contribution in [3.63, 3.8) is 0 Å². The number of hydrogen-bond acceptors (Lipinski definition) is 1. The fourth-order valence-electron chi connectivity index (χ4n) is 0.560. The molecule has 1 aromatic rings. The van der Waals surface area contributed by atoms with E-state index in [-0.39, 0.29) is 5.75 Å². The largest absolute Gasteiger partial charge is 0.868 e. The van der Waals surface area contributed by atoms with Gasteiger partial charge in [0.15, 0.2) is 12.4 Å². The van der Waals surface area contributed by atoms with Gasteiger partial charge in [-0.25, -0.2) is 4.57 Å². The topological polar surface area (TPSA) is 26.9 Å². The zero-order chi connectivity index (χ0) is 5.98. The third-order valence-corrected chi connectivity index (χ3v) is 0.913. The first-order valence-electron chi connectivity index (χ1n) is 2.41. The molecule has 0 unspecified atom stereocenters. The molecule has 0 atom stereocenters. The highest BCUT2D eigenvalue weighted by Gasteiger charge is 1.82. The van der Waals surface area contributed by atoms with Crippen molar-refractivity contribution in [2.45, 2.75) is 0 Å². The Kier molecular flexibility index (Phi) is 1.16. The van der Waals surface area contributed by atoms with Gasteiger partial charge in [0, 0.05) is 6.07 Å². The molecule has 2 heteroatoms. The van der Waals surface area contributed by atoms with Gasteiger partial charge in [0.2, 0.25) is 0 Å². The van der Waals surface area contributed by atoms with Crippen molar-refractivity contribution >= 4 is 0 Å². The van der Waals surface area contributed by atoms with Gasteiger partial charge in [-0.05, 0) is 5.75 Å². The molecule has 0 N–H and O–H groups in total. The number of aryl methyl sites for hydroxylation is 1. The minimum atomic E-state index is 0.0509. The van der Waals surface area contributed by atoms with Crippen LogP contribution in [0.4, 0.5) is 0 Å². The zero-order valence-corrected chi connectivity index (χ0v) is 4.66. The highest BCUT2D eigenvalue weighted by Crippen LogP contribution is 1.93. The van der Waals surface area contributed by atoms with Gasteiger partial charge in [0.25, 0.3) is 0 Å². The minimum Gasteiger partial charge on any atom is -0.868 e. The average molecular weight is 109 g/mol. The molecule has 0 aliphatic heterocycles. The van der Waals surface area contributed by atoms with Crippen LogP contribution >= 0.6 is 0 Å². The summed E-state index contributed by atoms with van der Waals surface area (Å²) in [5.74, 6) is 0.0509. The Morgan fingerprint density at radius 3 is 2.75 bits per heavy atom. The maximum absolute atomic E-state index is 10.5. The van der Waals surface area contributed by atoms with Gasteiger partial charge in [0.1, 0.15) is 7.05 Å². The zero-order valence-electron chi connectivity index (χ0n) is 4.66. The molecule has 1 aromatic heterocycles. The normalized spacial score (nSPS) is 9.12. The van der Waals surface area contributed by atoms with Crippen LogP contribution in [0.15, 0.2) is 24.5 Å². The van der Waals surface area contributed by atoms with Crippen LogP contribution in [0.3, 0.4) is 0 Å². The molecule has 0 saturated carbocycles. The standard InChI is InChI=1S/C6H7NO/c1-7-4-2-3-6(8)5-7/h2-5H,1H3. The van der Waals surface area contributed by atoms with E-state index in [1.54, 1.807) is 10.6 Å². The van der Waals surface area contributed by atoms with Gasteiger partial charge < -0.3 is 5.11 Å². The monoisotopic (exact) mass is 109 g/mol. The van der Waals surface area contributed by atoms with E-state index in [1.807, 2.05) is 13.2 Å². The molecule has 0 aliphatic rings. The molecular formula is C6H7NO. The van der Waals surface area contributed by atoms with Gasteiger partial charge in [-0.3, -0.25) is 0 Å². The first kappa shape index (κ1) is 5.09. The highest BCUT2D eigenvalue weighted by molar-refractivity contribution is 5.07. The van der Waals surface area contributed by atoms with Crippen molar-refractivity contribution in [2.24, 2.45) is 7.05 Å². The third-order valence-electron chi connectivity index (χ3n) is 0.913. The van der Waals surface area contributed by atoms with Crippen LogP contribution in [0.25, 0.3) is 0 Å². The van der Waals surface area contributed by atoms with Crippen molar-refractivity contribution in [3.05, 3.63) is 24.5 Å². The van der Waals surface area contributed by atoms with Crippen LogP contribution in [0.5, 0.6) is 5.75 Å². The molecule has 0 radical (unpaired) electrons. The quantitative estimate of drug-likeness (QED) is 0.416. The molecule has 2 nitrogen and oxygen atoms in total. The first-order chi connectivity index (χ1) is 3.79. The first-order valence-corrected chi connectivity index (χ1v) is 2.41. The Balaban J connectivity index is 3.08. The molecule has 8 heavy (non-hydrogen) atoms. The van der Waals surface area contributed by atoms with Gasteiger partial charge in [-0.2, -0.15) is 0 Å². The molecule has 0 aromatic carbocycles. The van der Waals surface area contributed by atoms with Crippen LogP contribution in [0.2, 0.25) is 0 Å². The second kappa shape index (κ2) is 1.82. The Morgan fingerprint density at radius 1 is 1.62 bits per heavy atom.